The highest BCUT2D eigenvalue weighted by molar-refractivity contribution is 6.30. The Balaban J connectivity index is 1.34. The molecule has 1 heterocycles. The Bertz CT molecular complexity index is 1630. The molecule has 0 N–H and O–H groups in total. The van der Waals surface area contributed by atoms with E-state index in [2.05, 4.69) is 9.97 Å². The van der Waals surface area contributed by atoms with E-state index in [4.69, 9.17) is 21.1 Å². The number of fused-ring (bicyclic) bond motifs is 1. The molecule has 0 aliphatic rings. The number of halogens is 1. The first-order chi connectivity index (χ1) is 18.6. The minimum atomic E-state index is -0.102. The summed E-state index contributed by atoms with van der Waals surface area (Å²) in [7, 11) is 1.62. The van der Waals surface area contributed by atoms with Crippen molar-refractivity contribution in [3.63, 3.8) is 0 Å². The van der Waals surface area contributed by atoms with Crippen molar-refractivity contribution < 1.29 is 14.3 Å². The third-order valence-electron chi connectivity index (χ3n) is 5.78. The first kappa shape index (κ1) is 24.9. The average molecular weight is 519 g/mol. The van der Waals surface area contributed by atoms with E-state index in [0.29, 0.717) is 28.0 Å². The second kappa shape index (κ2) is 11.5. The van der Waals surface area contributed by atoms with Crippen molar-refractivity contribution in [3.8, 4) is 17.4 Å². The zero-order valence-corrected chi connectivity index (χ0v) is 21.3. The summed E-state index contributed by atoms with van der Waals surface area (Å²) in [6.45, 7) is 0. The molecule has 0 bridgehead atoms. The van der Waals surface area contributed by atoms with Crippen molar-refractivity contribution in [3.05, 3.63) is 131 Å². The molecule has 0 radical (unpaired) electrons. The van der Waals surface area contributed by atoms with Gasteiger partial charge in [-0.2, -0.15) is 4.98 Å². The molecule has 4 aromatic carbocycles. The predicted octanol–water partition coefficient (Wildman–Crippen LogP) is 8.15. The van der Waals surface area contributed by atoms with Gasteiger partial charge in [0.2, 0.25) is 5.88 Å². The van der Waals surface area contributed by atoms with Crippen molar-refractivity contribution in [1.82, 2.24) is 9.97 Å². The highest BCUT2D eigenvalue weighted by Crippen LogP contribution is 2.28. The van der Waals surface area contributed by atoms with Crippen LogP contribution in [0.4, 0.5) is 0 Å². The van der Waals surface area contributed by atoms with E-state index in [-0.39, 0.29) is 5.78 Å². The number of allylic oxidation sites excluding steroid dienone is 1. The van der Waals surface area contributed by atoms with E-state index < -0.39 is 0 Å². The average Bonchev–Trinajstić information content (AvgIpc) is 2.96. The van der Waals surface area contributed by atoms with Crippen LogP contribution >= 0.6 is 11.6 Å². The van der Waals surface area contributed by atoms with Crippen LogP contribution in [0.5, 0.6) is 17.4 Å². The van der Waals surface area contributed by atoms with Crippen molar-refractivity contribution >= 4 is 46.5 Å². The summed E-state index contributed by atoms with van der Waals surface area (Å²) in [5, 5.41) is 1.47. The van der Waals surface area contributed by atoms with Crippen LogP contribution in [0.2, 0.25) is 5.02 Å². The quantitative estimate of drug-likeness (QED) is 0.153. The largest absolute Gasteiger partial charge is 0.497 e. The van der Waals surface area contributed by atoms with Crippen molar-refractivity contribution in [2.45, 2.75) is 0 Å². The van der Waals surface area contributed by atoms with Gasteiger partial charge in [-0.25, -0.2) is 4.98 Å². The molecule has 5 aromatic rings. The molecule has 0 aliphatic carbocycles. The van der Waals surface area contributed by atoms with Gasteiger partial charge in [0.05, 0.1) is 18.0 Å². The number of benzene rings is 4. The van der Waals surface area contributed by atoms with Gasteiger partial charge in [0.15, 0.2) is 11.6 Å². The summed E-state index contributed by atoms with van der Waals surface area (Å²) >= 11 is 5.98. The van der Waals surface area contributed by atoms with Crippen LogP contribution in [-0.2, 0) is 0 Å². The molecule has 0 amide bonds. The molecule has 0 aliphatic heterocycles. The van der Waals surface area contributed by atoms with Gasteiger partial charge in [-0.05, 0) is 83.9 Å². The molecule has 5 nitrogen and oxygen atoms in total. The first-order valence-electron chi connectivity index (χ1n) is 11.9. The molecule has 5 rings (SSSR count). The van der Waals surface area contributed by atoms with E-state index in [1.165, 1.54) is 0 Å². The van der Waals surface area contributed by atoms with Crippen molar-refractivity contribution in [2.75, 3.05) is 7.11 Å². The lowest BCUT2D eigenvalue weighted by Crippen LogP contribution is -1.97. The minimum absolute atomic E-state index is 0.102. The molecular formula is C32H23ClN2O3. The molecular weight excluding hydrogens is 496 g/mol. The lowest BCUT2D eigenvalue weighted by Gasteiger charge is -2.09. The SMILES string of the molecule is COc1ccc(/C=C/C(=O)c2ccc(Oc3nc(/C=C/c4ccc(Cl)cc4)nc4ccccc34)cc2)cc1. The number of para-hydroxylation sites is 1. The third kappa shape index (κ3) is 6.14. The van der Waals surface area contributed by atoms with Crippen LogP contribution in [0.25, 0.3) is 29.1 Å². The molecule has 6 heteroatoms. The fraction of sp³-hybridized carbons (Fsp3) is 0.0312. The normalized spacial score (nSPS) is 11.3. The second-order valence-electron chi connectivity index (χ2n) is 8.39. The van der Waals surface area contributed by atoms with E-state index in [9.17, 15) is 4.79 Å². The van der Waals surface area contributed by atoms with Crippen LogP contribution in [-0.4, -0.2) is 22.9 Å². The Labute approximate surface area is 225 Å². The van der Waals surface area contributed by atoms with Gasteiger partial charge >= 0.3 is 0 Å². The molecule has 1 aromatic heterocycles. The zero-order chi connectivity index (χ0) is 26.3. The van der Waals surface area contributed by atoms with Gasteiger partial charge in [-0.15, -0.1) is 0 Å². The number of ketones is 1. The Hall–Kier alpha value is -4.74. The number of carbonyl (C=O) groups excluding carboxylic acids is 1. The van der Waals surface area contributed by atoms with Crippen molar-refractivity contribution in [2.24, 2.45) is 0 Å². The molecule has 0 unspecified atom stereocenters. The summed E-state index contributed by atoms with van der Waals surface area (Å²) in [6, 6.07) is 29.7. The lowest BCUT2D eigenvalue weighted by atomic mass is 10.1. The fourth-order valence-electron chi connectivity index (χ4n) is 3.74. The highest BCUT2D eigenvalue weighted by Gasteiger charge is 2.10. The Morgan fingerprint density at radius 2 is 1.39 bits per heavy atom. The third-order valence-corrected chi connectivity index (χ3v) is 6.03. The monoisotopic (exact) mass is 518 g/mol. The van der Waals surface area contributed by atoms with Crippen LogP contribution in [0, 0.1) is 0 Å². The topological polar surface area (TPSA) is 61.3 Å². The second-order valence-corrected chi connectivity index (χ2v) is 8.82. The summed E-state index contributed by atoms with van der Waals surface area (Å²) in [6.07, 6.45) is 7.08. The maximum absolute atomic E-state index is 12.6. The predicted molar refractivity (Wildman–Crippen MR) is 153 cm³/mol. The molecule has 0 saturated heterocycles. The van der Waals surface area contributed by atoms with E-state index >= 15 is 0 Å². The van der Waals surface area contributed by atoms with Gasteiger partial charge in [0.25, 0.3) is 0 Å². The Morgan fingerprint density at radius 1 is 0.737 bits per heavy atom. The standard InChI is InChI=1S/C32H23ClN2O3/c1-37-26-16-8-23(9-17-26)10-20-30(36)24-12-18-27(19-13-24)38-32-28-4-2-3-5-29(28)34-31(35-32)21-11-22-6-14-25(33)15-7-22/h2-21H,1H3/b20-10+,21-11+. The molecule has 0 saturated carbocycles. The summed E-state index contributed by atoms with van der Waals surface area (Å²) in [4.78, 5) is 21.9. The highest BCUT2D eigenvalue weighted by atomic mass is 35.5. The van der Waals surface area contributed by atoms with Crippen LogP contribution in [0.1, 0.15) is 27.3 Å². The number of hydrogen-bond acceptors (Lipinski definition) is 5. The molecule has 0 fully saturated rings. The molecule has 38 heavy (non-hydrogen) atoms. The van der Waals surface area contributed by atoms with Crippen LogP contribution < -0.4 is 9.47 Å². The summed E-state index contributed by atoms with van der Waals surface area (Å²) < 4.78 is 11.3. The zero-order valence-electron chi connectivity index (χ0n) is 20.5. The number of rotatable bonds is 8. The number of aromatic nitrogens is 2. The van der Waals surface area contributed by atoms with E-state index in [1.54, 1.807) is 43.5 Å². The molecule has 0 spiro atoms. The Morgan fingerprint density at radius 3 is 2.13 bits per heavy atom. The number of ether oxygens (including phenoxy) is 2. The molecule has 186 valence electrons. The van der Waals surface area contributed by atoms with E-state index in [1.807, 2.05) is 84.9 Å². The lowest BCUT2D eigenvalue weighted by molar-refractivity contribution is 0.104. The summed E-state index contributed by atoms with van der Waals surface area (Å²) in [5.74, 6) is 2.19. The van der Waals surface area contributed by atoms with Gasteiger partial charge in [0.1, 0.15) is 11.5 Å². The van der Waals surface area contributed by atoms with Crippen LogP contribution in [0.3, 0.4) is 0 Å². The first-order valence-corrected chi connectivity index (χ1v) is 12.3. The molecule has 0 atom stereocenters. The summed E-state index contributed by atoms with van der Waals surface area (Å²) in [5.41, 5.74) is 3.22. The minimum Gasteiger partial charge on any atom is -0.497 e. The van der Waals surface area contributed by atoms with Crippen molar-refractivity contribution in [1.29, 1.82) is 0 Å². The number of methoxy groups -OCH3 is 1. The van der Waals surface area contributed by atoms with Gasteiger partial charge < -0.3 is 9.47 Å². The number of hydrogen-bond donors (Lipinski definition) is 0. The van der Waals surface area contributed by atoms with Gasteiger partial charge in [-0.3, -0.25) is 4.79 Å². The smallest absolute Gasteiger partial charge is 0.230 e. The van der Waals surface area contributed by atoms with Crippen LogP contribution in [0.15, 0.2) is 103 Å². The van der Waals surface area contributed by atoms with E-state index in [0.717, 1.165) is 27.8 Å². The number of carbonyl (C=O) groups is 1. The van der Waals surface area contributed by atoms with Gasteiger partial charge in [0, 0.05) is 10.6 Å². The number of nitrogens with zero attached hydrogens (tertiary/aromatic N) is 2. The maximum Gasteiger partial charge on any atom is 0.230 e. The maximum atomic E-state index is 12.6. The van der Waals surface area contributed by atoms with Gasteiger partial charge in [-0.1, -0.05) is 60.2 Å². The fourth-order valence-corrected chi connectivity index (χ4v) is 3.87. The Kier molecular flexibility index (Phi) is 7.57.